The molecule has 4 aliphatic rings. The average molecular weight is 523 g/mol. The minimum absolute atomic E-state index is 0.124. The Morgan fingerprint density at radius 3 is 2.63 bits per heavy atom. The van der Waals surface area contributed by atoms with Crippen LogP contribution in [0, 0.1) is 31.6 Å². The summed E-state index contributed by atoms with van der Waals surface area (Å²) >= 11 is 0. The van der Waals surface area contributed by atoms with E-state index in [1.165, 1.54) is 4.90 Å². The zero-order chi connectivity index (χ0) is 27.2. The van der Waals surface area contributed by atoms with E-state index >= 15 is 0 Å². The van der Waals surface area contributed by atoms with Gasteiger partial charge in [-0.2, -0.15) is 0 Å². The van der Waals surface area contributed by atoms with E-state index in [2.05, 4.69) is 0 Å². The molecule has 2 amide bonds. The zero-order valence-corrected chi connectivity index (χ0v) is 22.6. The molecule has 0 bridgehead atoms. The van der Waals surface area contributed by atoms with E-state index < -0.39 is 41.6 Å². The first-order chi connectivity index (χ1) is 18.2. The van der Waals surface area contributed by atoms with Crippen molar-refractivity contribution in [3.05, 3.63) is 53.6 Å². The molecule has 8 nitrogen and oxygen atoms in total. The average Bonchev–Trinajstić information content (AvgIpc) is 3.26. The molecule has 38 heavy (non-hydrogen) atoms. The van der Waals surface area contributed by atoms with Gasteiger partial charge < -0.3 is 24.4 Å². The Kier molecular flexibility index (Phi) is 7.22. The SMILES string of the molecule is Cc1ccc(C)c(N2CC=C[C@]34O[C@H]5/C=C\CCCCOC(=O)[C@H]5[C@H]3C(=O)N([C@@H](CO)C(C)C)C4C2=O)c1. The van der Waals surface area contributed by atoms with Crippen LogP contribution in [-0.2, 0) is 23.9 Å². The second-order valence-corrected chi connectivity index (χ2v) is 11.3. The Hall–Kier alpha value is -2.97. The van der Waals surface area contributed by atoms with Gasteiger partial charge in [-0.25, -0.2) is 0 Å². The Balaban J connectivity index is 1.67. The number of fused-ring (bicyclic) bond motifs is 2. The van der Waals surface area contributed by atoms with Crippen LogP contribution in [0.5, 0.6) is 0 Å². The number of hydrogen-bond donors (Lipinski definition) is 1. The molecule has 1 N–H and O–H groups in total. The van der Waals surface area contributed by atoms with Crippen molar-refractivity contribution in [1.82, 2.24) is 4.90 Å². The van der Waals surface area contributed by atoms with E-state index in [1.54, 1.807) is 4.90 Å². The maximum Gasteiger partial charge on any atom is 0.312 e. The number of anilines is 1. The number of carbonyl (C=O) groups excluding carboxylic acids is 3. The highest BCUT2D eigenvalue weighted by atomic mass is 16.6. The van der Waals surface area contributed by atoms with Crippen LogP contribution in [0.3, 0.4) is 0 Å². The summed E-state index contributed by atoms with van der Waals surface area (Å²) in [7, 11) is 0. The van der Waals surface area contributed by atoms with Crippen molar-refractivity contribution in [2.75, 3.05) is 24.7 Å². The van der Waals surface area contributed by atoms with Gasteiger partial charge in [0.05, 0.1) is 31.3 Å². The van der Waals surface area contributed by atoms with Gasteiger partial charge in [0.1, 0.15) is 17.6 Å². The molecule has 1 aromatic rings. The van der Waals surface area contributed by atoms with Crippen molar-refractivity contribution >= 4 is 23.5 Å². The largest absolute Gasteiger partial charge is 0.465 e. The molecule has 4 heterocycles. The summed E-state index contributed by atoms with van der Waals surface area (Å²) in [4.78, 5) is 45.5. The molecule has 8 heteroatoms. The smallest absolute Gasteiger partial charge is 0.312 e. The van der Waals surface area contributed by atoms with Gasteiger partial charge in [0.25, 0.3) is 5.91 Å². The number of benzene rings is 1. The number of carbonyl (C=O) groups is 3. The molecule has 0 aliphatic carbocycles. The molecule has 2 saturated heterocycles. The molecule has 1 spiro atoms. The van der Waals surface area contributed by atoms with Crippen molar-refractivity contribution in [2.24, 2.45) is 17.8 Å². The first-order valence-electron chi connectivity index (χ1n) is 13.7. The van der Waals surface area contributed by atoms with Crippen molar-refractivity contribution in [1.29, 1.82) is 0 Å². The van der Waals surface area contributed by atoms with E-state index in [0.29, 0.717) is 6.54 Å². The number of allylic oxidation sites excluding steroid dienone is 1. The fraction of sp³-hybridized carbons (Fsp3) is 0.567. The number of nitrogens with zero attached hydrogens (tertiary/aromatic N) is 2. The number of ether oxygens (including phenoxy) is 2. The summed E-state index contributed by atoms with van der Waals surface area (Å²) in [6, 6.07) is 4.31. The van der Waals surface area contributed by atoms with Crippen LogP contribution in [0.25, 0.3) is 0 Å². The maximum atomic E-state index is 14.6. The minimum Gasteiger partial charge on any atom is -0.465 e. The van der Waals surface area contributed by atoms with Crippen molar-refractivity contribution in [3.63, 3.8) is 0 Å². The standard InChI is InChI=1S/C30H38N2O6/c1-18(2)22(17-33)32-26-28(35)31(21-16-19(3)11-12-20(21)4)14-9-13-30(26)25(27(32)34)24-23(38-30)10-7-5-6-8-15-37-29(24)36/h7,9-13,16,18,22-26,33H,5-6,8,14-15,17H2,1-4H3/b10-7-/t22-,23-,24+,25-,26?,30-/m0/s1. The Morgan fingerprint density at radius 1 is 1.11 bits per heavy atom. The molecule has 2 fully saturated rings. The van der Waals surface area contributed by atoms with E-state index in [4.69, 9.17) is 9.47 Å². The van der Waals surface area contributed by atoms with Gasteiger partial charge in [0, 0.05) is 12.2 Å². The molecule has 204 valence electrons. The number of esters is 1. The number of likely N-dealkylation sites (tertiary alicyclic amines) is 1. The number of aliphatic hydroxyl groups is 1. The normalized spacial score (nSPS) is 32.9. The fourth-order valence-corrected chi connectivity index (χ4v) is 6.56. The lowest BCUT2D eigenvalue weighted by Gasteiger charge is -2.40. The minimum atomic E-state index is -1.35. The first-order valence-corrected chi connectivity index (χ1v) is 13.7. The summed E-state index contributed by atoms with van der Waals surface area (Å²) in [5, 5.41) is 10.4. The van der Waals surface area contributed by atoms with Gasteiger partial charge in [0.15, 0.2) is 0 Å². The Labute approximate surface area is 224 Å². The topological polar surface area (TPSA) is 96.4 Å². The van der Waals surface area contributed by atoms with E-state index in [9.17, 15) is 19.5 Å². The van der Waals surface area contributed by atoms with Gasteiger partial charge in [-0.15, -0.1) is 0 Å². The monoisotopic (exact) mass is 522 g/mol. The molecule has 5 rings (SSSR count). The molecular weight excluding hydrogens is 484 g/mol. The van der Waals surface area contributed by atoms with E-state index in [1.807, 2.05) is 70.2 Å². The second-order valence-electron chi connectivity index (χ2n) is 11.3. The van der Waals surface area contributed by atoms with Crippen molar-refractivity contribution < 1.29 is 29.0 Å². The maximum absolute atomic E-state index is 14.6. The van der Waals surface area contributed by atoms with Crippen LogP contribution >= 0.6 is 0 Å². The van der Waals surface area contributed by atoms with Crippen LogP contribution in [0.15, 0.2) is 42.5 Å². The number of aliphatic hydroxyl groups excluding tert-OH is 1. The highest BCUT2D eigenvalue weighted by Crippen LogP contribution is 2.54. The summed E-state index contributed by atoms with van der Waals surface area (Å²) in [6.45, 7) is 8.05. The van der Waals surface area contributed by atoms with Gasteiger partial charge in [-0.3, -0.25) is 14.4 Å². The van der Waals surface area contributed by atoms with E-state index in [0.717, 1.165) is 36.1 Å². The van der Waals surface area contributed by atoms with Crippen LogP contribution in [0.4, 0.5) is 5.69 Å². The highest BCUT2D eigenvalue weighted by molar-refractivity contribution is 6.06. The molecular formula is C30H38N2O6. The molecule has 0 radical (unpaired) electrons. The number of rotatable bonds is 4. The Bertz CT molecular complexity index is 1180. The second kappa shape index (κ2) is 10.3. The number of amides is 2. The Morgan fingerprint density at radius 2 is 1.89 bits per heavy atom. The quantitative estimate of drug-likeness (QED) is 0.482. The third-order valence-electron chi connectivity index (χ3n) is 8.51. The predicted octanol–water partition coefficient (Wildman–Crippen LogP) is 3.09. The van der Waals surface area contributed by atoms with Crippen LogP contribution in [0.2, 0.25) is 0 Å². The molecule has 0 aromatic heterocycles. The van der Waals surface area contributed by atoms with E-state index in [-0.39, 0.29) is 30.9 Å². The molecule has 6 atom stereocenters. The lowest BCUT2D eigenvalue weighted by Crippen LogP contribution is -2.59. The van der Waals surface area contributed by atoms with Crippen molar-refractivity contribution in [2.45, 2.75) is 70.7 Å². The van der Waals surface area contributed by atoms with Gasteiger partial charge >= 0.3 is 5.97 Å². The molecule has 1 unspecified atom stereocenters. The van der Waals surface area contributed by atoms with Gasteiger partial charge in [-0.1, -0.05) is 50.3 Å². The summed E-state index contributed by atoms with van der Waals surface area (Å²) < 4.78 is 12.3. The molecule has 4 aliphatic heterocycles. The number of hydrogen-bond acceptors (Lipinski definition) is 6. The fourth-order valence-electron chi connectivity index (χ4n) is 6.56. The zero-order valence-electron chi connectivity index (χ0n) is 22.6. The van der Waals surface area contributed by atoms with Crippen molar-refractivity contribution in [3.8, 4) is 0 Å². The lowest BCUT2D eigenvalue weighted by molar-refractivity contribution is -0.155. The predicted molar refractivity (Wildman–Crippen MR) is 142 cm³/mol. The van der Waals surface area contributed by atoms with Crippen LogP contribution < -0.4 is 4.90 Å². The van der Waals surface area contributed by atoms with Gasteiger partial charge in [-0.05, 0) is 56.2 Å². The summed E-state index contributed by atoms with van der Waals surface area (Å²) in [6.07, 6.45) is 9.33. The lowest BCUT2D eigenvalue weighted by atomic mass is 9.78. The molecule has 0 saturated carbocycles. The molecule has 1 aromatic carbocycles. The highest BCUT2D eigenvalue weighted by Gasteiger charge is 2.72. The third-order valence-corrected chi connectivity index (χ3v) is 8.51. The first kappa shape index (κ1) is 26.6. The number of aryl methyl sites for hydroxylation is 2. The number of cyclic esters (lactones) is 1. The van der Waals surface area contributed by atoms with Crippen LogP contribution in [-0.4, -0.2) is 71.3 Å². The van der Waals surface area contributed by atoms with Gasteiger partial charge in [0.2, 0.25) is 5.91 Å². The summed E-state index contributed by atoms with van der Waals surface area (Å²) in [5.74, 6) is -3.03. The summed E-state index contributed by atoms with van der Waals surface area (Å²) in [5.41, 5.74) is 1.38. The third kappa shape index (κ3) is 4.18. The van der Waals surface area contributed by atoms with Crippen LogP contribution in [0.1, 0.15) is 44.2 Å².